The van der Waals surface area contributed by atoms with Gasteiger partial charge in [0, 0.05) is 0 Å². The summed E-state index contributed by atoms with van der Waals surface area (Å²) < 4.78 is 12.3. The van der Waals surface area contributed by atoms with Crippen molar-refractivity contribution in [1.29, 1.82) is 0 Å². The van der Waals surface area contributed by atoms with Crippen LogP contribution in [0.2, 0.25) is 10.0 Å². The van der Waals surface area contributed by atoms with Gasteiger partial charge in [-0.3, -0.25) is 9.59 Å². The van der Waals surface area contributed by atoms with Crippen LogP contribution in [0.25, 0.3) is 0 Å². The second-order valence-corrected chi connectivity index (χ2v) is 14.5. The van der Waals surface area contributed by atoms with Gasteiger partial charge >= 0.3 is 0 Å². The number of hydrogen-bond donors (Lipinski definition) is 0. The van der Waals surface area contributed by atoms with Crippen LogP contribution in [-0.4, -0.2) is 24.8 Å². The van der Waals surface area contributed by atoms with E-state index in [0.717, 1.165) is 25.7 Å². The summed E-state index contributed by atoms with van der Waals surface area (Å²) in [5, 5.41) is 0.432. The topological polar surface area (TPSA) is 52.6 Å². The molecule has 0 heterocycles. The van der Waals surface area contributed by atoms with E-state index in [4.69, 9.17) is 32.7 Å². The molecule has 1 aliphatic rings. The first-order valence-electron chi connectivity index (χ1n) is 19.5. The van der Waals surface area contributed by atoms with Crippen LogP contribution in [0.1, 0.15) is 200 Å². The number of ether oxygens (including phenoxy) is 2. The molecule has 0 N–H and O–H groups in total. The highest BCUT2D eigenvalue weighted by molar-refractivity contribution is 6.44. The zero-order chi connectivity index (χ0) is 34.4. The van der Waals surface area contributed by atoms with Gasteiger partial charge in [0.2, 0.25) is 0 Å². The van der Waals surface area contributed by atoms with Gasteiger partial charge in [-0.2, -0.15) is 0 Å². The molecule has 2 aromatic rings. The standard InChI is InChI=1S/C42H62Cl2O4/c1-3-5-7-9-11-13-15-17-19-21-23-25-31-47-35-29-30-36(48-32-26-24-22-20-18-16-14-12-10-8-6-4-2)40-39(35)41(45)37-33(43)27-28-34(44)38(37)42(40)46/h27-30H,3-26,31-32H2,1-2H3. The lowest BCUT2D eigenvalue weighted by atomic mass is 9.83. The Labute approximate surface area is 302 Å². The summed E-state index contributed by atoms with van der Waals surface area (Å²) >= 11 is 12.9. The molecule has 2 aromatic carbocycles. The number of ketones is 2. The smallest absolute Gasteiger partial charge is 0.199 e. The predicted molar refractivity (Wildman–Crippen MR) is 203 cm³/mol. The van der Waals surface area contributed by atoms with Crippen LogP contribution in [0.5, 0.6) is 11.5 Å². The van der Waals surface area contributed by atoms with Crippen molar-refractivity contribution in [2.45, 2.75) is 168 Å². The van der Waals surface area contributed by atoms with Gasteiger partial charge in [0.1, 0.15) is 11.5 Å². The molecule has 4 nitrogen and oxygen atoms in total. The molecule has 0 aromatic heterocycles. The first-order valence-corrected chi connectivity index (χ1v) is 20.3. The number of rotatable bonds is 28. The molecule has 0 unspecified atom stereocenters. The Balaban J connectivity index is 1.49. The predicted octanol–water partition coefficient (Wildman–Crippen LogP) is 13.9. The van der Waals surface area contributed by atoms with Crippen LogP contribution < -0.4 is 9.47 Å². The van der Waals surface area contributed by atoms with E-state index in [0.29, 0.717) is 24.7 Å². The summed E-state index contributed by atoms with van der Waals surface area (Å²) in [7, 11) is 0. The minimum atomic E-state index is -0.340. The Morgan fingerprint density at radius 2 is 0.667 bits per heavy atom. The van der Waals surface area contributed by atoms with Gasteiger partial charge in [0.25, 0.3) is 0 Å². The number of fused-ring (bicyclic) bond motifs is 2. The van der Waals surface area contributed by atoms with E-state index in [1.54, 1.807) is 24.3 Å². The van der Waals surface area contributed by atoms with Gasteiger partial charge in [0.05, 0.1) is 45.5 Å². The number of carbonyl (C=O) groups is 2. The fraction of sp³-hybridized carbons (Fsp3) is 0.667. The molecule has 48 heavy (non-hydrogen) atoms. The molecular formula is C42H62Cl2O4. The molecule has 0 aliphatic heterocycles. The summed E-state index contributed by atoms with van der Waals surface area (Å²) in [5.74, 6) is 0.136. The molecular weight excluding hydrogens is 639 g/mol. The van der Waals surface area contributed by atoms with Crippen molar-refractivity contribution < 1.29 is 19.1 Å². The maximum Gasteiger partial charge on any atom is 0.199 e. The van der Waals surface area contributed by atoms with E-state index in [-0.39, 0.29) is 43.9 Å². The Bertz CT molecular complexity index is 1150. The summed E-state index contributed by atoms with van der Waals surface area (Å²) in [6.07, 6.45) is 30.3. The molecule has 0 fully saturated rings. The largest absolute Gasteiger partial charge is 0.493 e. The third-order valence-corrected chi connectivity index (χ3v) is 10.3. The minimum Gasteiger partial charge on any atom is -0.493 e. The average Bonchev–Trinajstić information content (AvgIpc) is 3.08. The van der Waals surface area contributed by atoms with Crippen LogP contribution in [0.3, 0.4) is 0 Å². The lowest BCUT2D eigenvalue weighted by molar-refractivity contribution is 0.0972. The van der Waals surface area contributed by atoms with Crippen molar-refractivity contribution in [3.8, 4) is 11.5 Å². The number of hydrogen-bond acceptors (Lipinski definition) is 4. The fourth-order valence-corrected chi connectivity index (χ4v) is 7.24. The summed E-state index contributed by atoms with van der Waals surface area (Å²) in [5.41, 5.74) is 0.774. The van der Waals surface area contributed by atoms with Crippen LogP contribution in [-0.2, 0) is 0 Å². The van der Waals surface area contributed by atoms with Gasteiger partial charge < -0.3 is 9.47 Å². The summed E-state index contributed by atoms with van der Waals surface area (Å²) in [4.78, 5) is 27.8. The molecule has 0 radical (unpaired) electrons. The van der Waals surface area contributed by atoms with Crippen LogP contribution in [0.15, 0.2) is 24.3 Å². The van der Waals surface area contributed by atoms with Gasteiger partial charge in [-0.15, -0.1) is 0 Å². The van der Waals surface area contributed by atoms with Crippen LogP contribution in [0.4, 0.5) is 0 Å². The lowest BCUT2D eigenvalue weighted by Crippen LogP contribution is -2.24. The van der Waals surface area contributed by atoms with Crippen LogP contribution in [0, 0.1) is 0 Å². The SMILES string of the molecule is CCCCCCCCCCCCCCOc1ccc(OCCCCCCCCCCCCCC)c2c1C(=O)c1c(Cl)ccc(Cl)c1C2=O. The third kappa shape index (κ3) is 13.3. The molecule has 0 atom stereocenters. The highest BCUT2D eigenvalue weighted by atomic mass is 35.5. The van der Waals surface area contributed by atoms with Crippen molar-refractivity contribution in [2.24, 2.45) is 0 Å². The molecule has 0 saturated heterocycles. The monoisotopic (exact) mass is 700 g/mol. The maximum atomic E-state index is 13.9. The van der Waals surface area contributed by atoms with Crippen molar-refractivity contribution in [2.75, 3.05) is 13.2 Å². The van der Waals surface area contributed by atoms with E-state index < -0.39 is 0 Å². The zero-order valence-corrected chi connectivity index (χ0v) is 31.6. The molecule has 1 aliphatic carbocycles. The second kappa shape index (κ2) is 24.2. The van der Waals surface area contributed by atoms with Crippen molar-refractivity contribution in [3.63, 3.8) is 0 Å². The molecule has 0 amide bonds. The van der Waals surface area contributed by atoms with Crippen molar-refractivity contribution in [1.82, 2.24) is 0 Å². The molecule has 0 bridgehead atoms. The normalized spacial score (nSPS) is 12.3. The van der Waals surface area contributed by atoms with E-state index in [9.17, 15) is 9.59 Å². The maximum absolute atomic E-state index is 13.9. The first-order chi connectivity index (χ1) is 23.5. The Morgan fingerprint density at radius 1 is 0.396 bits per heavy atom. The number of benzene rings is 2. The van der Waals surface area contributed by atoms with Gasteiger partial charge in [-0.25, -0.2) is 0 Å². The molecule has 6 heteroatoms. The zero-order valence-electron chi connectivity index (χ0n) is 30.1. The Kier molecular flexibility index (Phi) is 20.3. The van der Waals surface area contributed by atoms with Gasteiger partial charge in [-0.1, -0.05) is 178 Å². The minimum absolute atomic E-state index is 0.148. The highest BCUT2D eigenvalue weighted by Crippen LogP contribution is 2.43. The highest BCUT2D eigenvalue weighted by Gasteiger charge is 2.38. The molecule has 0 saturated carbocycles. The van der Waals surface area contributed by atoms with Gasteiger partial charge in [-0.05, 0) is 37.1 Å². The lowest BCUT2D eigenvalue weighted by Gasteiger charge is -2.24. The quantitative estimate of drug-likeness (QED) is 0.0707. The summed E-state index contributed by atoms with van der Waals surface area (Å²) in [6.45, 7) is 5.50. The average molecular weight is 702 g/mol. The first kappa shape index (κ1) is 40.4. The Morgan fingerprint density at radius 3 is 0.958 bits per heavy atom. The molecule has 3 rings (SSSR count). The Hall–Kier alpha value is -2.04. The van der Waals surface area contributed by atoms with Gasteiger partial charge in [0.15, 0.2) is 11.6 Å². The third-order valence-electron chi connectivity index (χ3n) is 9.65. The second-order valence-electron chi connectivity index (χ2n) is 13.7. The fourth-order valence-electron chi connectivity index (χ4n) is 6.75. The van der Waals surface area contributed by atoms with Crippen molar-refractivity contribution in [3.05, 3.63) is 56.6 Å². The van der Waals surface area contributed by atoms with E-state index >= 15 is 0 Å². The number of carbonyl (C=O) groups excluding carboxylic acids is 2. The van der Waals surface area contributed by atoms with E-state index in [1.165, 1.54) is 128 Å². The van der Waals surface area contributed by atoms with E-state index in [1.807, 2.05) is 0 Å². The molecule has 268 valence electrons. The number of halogens is 2. The molecule has 0 spiro atoms. The van der Waals surface area contributed by atoms with E-state index in [2.05, 4.69) is 13.8 Å². The summed E-state index contributed by atoms with van der Waals surface area (Å²) in [6, 6.07) is 6.68. The van der Waals surface area contributed by atoms with Crippen LogP contribution >= 0.6 is 23.2 Å². The number of unbranched alkanes of at least 4 members (excludes halogenated alkanes) is 22. The van der Waals surface area contributed by atoms with Crippen molar-refractivity contribution >= 4 is 34.8 Å².